The van der Waals surface area contributed by atoms with Gasteiger partial charge >= 0.3 is 0 Å². The van der Waals surface area contributed by atoms with E-state index in [9.17, 15) is 0 Å². The van der Waals surface area contributed by atoms with Gasteiger partial charge in [-0.05, 0) is 11.6 Å². The van der Waals surface area contributed by atoms with Crippen LogP contribution in [0.5, 0.6) is 0 Å². The van der Waals surface area contributed by atoms with Gasteiger partial charge in [0.1, 0.15) is 10.8 Å². The summed E-state index contributed by atoms with van der Waals surface area (Å²) in [4.78, 5) is 7.69. The molecule has 0 radical (unpaired) electrons. The molecule has 0 aliphatic carbocycles. The Bertz CT molecular complexity index is 317. The molecule has 1 aromatic rings. The van der Waals surface area contributed by atoms with E-state index in [-0.39, 0.29) is 11.3 Å². The number of hydrogen-bond donors (Lipinski definition) is 1. The van der Waals surface area contributed by atoms with Crippen molar-refractivity contribution in [2.24, 2.45) is 0 Å². The molecule has 1 saturated heterocycles. The number of nitrogens with zero attached hydrogens (tertiary/aromatic N) is 2. The molecule has 0 saturated carbocycles. The van der Waals surface area contributed by atoms with E-state index < -0.39 is 0 Å². The van der Waals surface area contributed by atoms with Crippen LogP contribution in [0.15, 0.2) is 6.20 Å². The fourth-order valence-electron chi connectivity index (χ4n) is 0.959. The number of rotatable bonds is 2. The lowest BCUT2D eigenvalue weighted by Crippen LogP contribution is -2.40. The molecule has 1 N–H and O–H groups in total. The summed E-state index contributed by atoms with van der Waals surface area (Å²) in [6.45, 7) is 1.36. The Kier molecular flexibility index (Phi) is 2.53. The highest BCUT2D eigenvalue weighted by Gasteiger charge is 2.19. The van der Waals surface area contributed by atoms with E-state index in [2.05, 4.69) is 15.3 Å². The van der Waals surface area contributed by atoms with E-state index in [1.807, 2.05) is 0 Å². The predicted octanol–water partition coefficient (Wildman–Crippen LogP) is 1.59. The second-order valence-corrected chi connectivity index (χ2v) is 3.46. The van der Waals surface area contributed by atoms with Crippen LogP contribution in [0.1, 0.15) is 0 Å². The van der Waals surface area contributed by atoms with Crippen molar-refractivity contribution in [3.05, 3.63) is 16.5 Å². The van der Waals surface area contributed by atoms with Crippen LogP contribution in [-0.4, -0.2) is 29.2 Å². The highest BCUT2D eigenvalue weighted by molar-refractivity contribution is 6.33. The number of hydrogen-bond acceptors (Lipinski definition) is 4. The molecule has 1 aliphatic heterocycles. The van der Waals surface area contributed by atoms with E-state index in [1.165, 1.54) is 6.20 Å². The van der Waals surface area contributed by atoms with Gasteiger partial charge in [0.25, 0.3) is 0 Å². The SMILES string of the molecule is Clc1ncc(Cl)c(NC2COC2)n1. The van der Waals surface area contributed by atoms with Crippen LogP contribution in [0.4, 0.5) is 5.82 Å². The number of aromatic nitrogens is 2. The standard InChI is InChI=1S/C7H7Cl2N3O/c8-5-1-10-7(9)12-6(5)11-4-2-13-3-4/h1,4H,2-3H2,(H,10,11,12). The van der Waals surface area contributed by atoms with Crippen molar-refractivity contribution < 1.29 is 4.74 Å². The van der Waals surface area contributed by atoms with Gasteiger partial charge in [-0.2, -0.15) is 4.98 Å². The molecule has 0 unspecified atom stereocenters. The Labute approximate surface area is 85.2 Å². The van der Waals surface area contributed by atoms with Crippen molar-refractivity contribution in [2.75, 3.05) is 18.5 Å². The van der Waals surface area contributed by atoms with Gasteiger partial charge in [0, 0.05) is 0 Å². The zero-order valence-electron chi connectivity index (χ0n) is 6.63. The molecule has 0 bridgehead atoms. The first-order valence-corrected chi connectivity index (χ1v) is 4.53. The van der Waals surface area contributed by atoms with Gasteiger partial charge < -0.3 is 10.1 Å². The van der Waals surface area contributed by atoms with Gasteiger partial charge in [0.15, 0.2) is 0 Å². The molecule has 0 atom stereocenters. The van der Waals surface area contributed by atoms with Crippen LogP contribution in [0.2, 0.25) is 10.3 Å². The normalized spacial score (nSPS) is 16.8. The van der Waals surface area contributed by atoms with E-state index in [0.29, 0.717) is 24.1 Å². The molecule has 1 aliphatic rings. The van der Waals surface area contributed by atoms with Crippen LogP contribution in [0.3, 0.4) is 0 Å². The van der Waals surface area contributed by atoms with Crippen molar-refractivity contribution in [2.45, 2.75) is 6.04 Å². The van der Waals surface area contributed by atoms with E-state index in [4.69, 9.17) is 27.9 Å². The molecule has 70 valence electrons. The van der Waals surface area contributed by atoms with Crippen molar-refractivity contribution in [1.29, 1.82) is 0 Å². The van der Waals surface area contributed by atoms with Gasteiger partial charge in [-0.15, -0.1) is 0 Å². The van der Waals surface area contributed by atoms with Crippen molar-refractivity contribution >= 4 is 29.0 Å². The molecule has 2 heterocycles. The first-order valence-electron chi connectivity index (χ1n) is 3.78. The fourth-order valence-corrected chi connectivity index (χ4v) is 1.24. The van der Waals surface area contributed by atoms with Crippen LogP contribution < -0.4 is 5.32 Å². The smallest absolute Gasteiger partial charge is 0.224 e. The summed E-state index contributed by atoms with van der Waals surface area (Å²) in [6, 6.07) is 0.281. The second-order valence-electron chi connectivity index (χ2n) is 2.71. The van der Waals surface area contributed by atoms with Crippen molar-refractivity contribution in [1.82, 2.24) is 9.97 Å². The lowest BCUT2D eigenvalue weighted by molar-refractivity contribution is 0.0209. The highest BCUT2D eigenvalue weighted by atomic mass is 35.5. The Morgan fingerprint density at radius 1 is 1.46 bits per heavy atom. The number of halogens is 2. The number of anilines is 1. The average Bonchev–Trinajstić information content (AvgIpc) is 2.03. The maximum absolute atomic E-state index is 5.83. The van der Waals surface area contributed by atoms with Crippen LogP contribution in [0, 0.1) is 0 Å². The van der Waals surface area contributed by atoms with Crippen LogP contribution >= 0.6 is 23.2 Å². The maximum atomic E-state index is 5.83. The minimum atomic E-state index is 0.187. The molecule has 0 spiro atoms. The van der Waals surface area contributed by atoms with Gasteiger partial charge in [-0.3, -0.25) is 0 Å². The zero-order chi connectivity index (χ0) is 9.26. The Hall–Kier alpha value is -0.580. The third kappa shape index (κ3) is 2.02. The zero-order valence-corrected chi connectivity index (χ0v) is 8.14. The summed E-state index contributed by atoms with van der Waals surface area (Å²) >= 11 is 11.4. The molecule has 6 heteroatoms. The Morgan fingerprint density at radius 2 is 2.23 bits per heavy atom. The fraction of sp³-hybridized carbons (Fsp3) is 0.429. The summed E-state index contributed by atoms with van der Waals surface area (Å²) in [7, 11) is 0. The van der Waals surface area contributed by atoms with Gasteiger partial charge in [-0.1, -0.05) is 11.6 Å². The molecule has 13 heavy (non-hydrogen) atoms. The summed E-state index contributed by atoms with van der Waals surface area (Å²) in [5, 5.41) is 3.75. The molecule has 4 nitrogen and oxygen atoms in total. The first-order chi connectivity index (χ1) is 6.25. The van der Waals surface area contributed by atoms with Crippen molar-refractivity contribution in [3.63, 3.8) is 0 Å². The highest BCUT2D eigenvalue weighted by Crippen LogP contribution is 2.21. The maximum Gasteiger partial charge on any atom is 0.224 e. The molecule has 0 aromatic carbocycles. The topological polar surface area (TPSA) is 47.0 Å². The summed E-state index contributed by atoms with van der Waals surface area (Å²) in [6.07, 6.45) is 1.47. The molecular formula is C7H7Cl2N3O. The van der Waals surface area contributed by atoms with Crippen LogP contribution in [-0.2, 0) is 4.74 Å². The molecule has 2 rings (SSSR count). The lowest BCUT2D eigenvalue weighted by atomic mass is 10.2. The molecule has 1 fully saturated rings. The average molecular weight is 220 g/mol. The summed E-state index contributed by atoms with van der Waals surface area (Å²) < 4.78 is 5.00. The minimum Gasteiger partial charge on any atom is -0.377 e. The molecular weight excluding hydrogens is 213 g/mol. The van der Waals surface area contributed by atoms with Crippen molar-refractivity contribution in [3.8, 4) is 0 Å². The summed E-state index contributed by atoms with van der Waals surface area (Å²) in [5.41, 5.74) is 0. The first kappa shape index (κ1) is 8.99. The minimum absolute atomic E-state index is 0.187. The second kappa shape index (κ2) is 3.65. The summed E-state index contributed by atoms with van der Waals surface area (Å²) in [5.74, 6) is 0.565. The third-order valence-electron chi connectivity index (χ3n) is 1.69. The van der Waals surface area contributed by atoms with E-state index in [0.717, 1.165) is 0 Å². The van der Waals surface area contributed by atoms with Gasteiger partial charge in [0.05, 0.1) is 25.5 Å². The number of ether oxygens (including phenoxy) is 1. The monoisotopic (exact) mass is 219 g/mol. The molecule has 0 amide bonds. The quantitative estimate of drug-likeness (QED) is 0.769. The predicted molar refractivity (Wildman–Crippen MR) is 50.3 cm³/mol. The lowest BCUT2D eigenvalue weighted by Gasteiger charge is -2.27. The third-order valence-corrected chi connectivity index (χ3v) is 2.15. The van der Waals surface area contributed by atoms with Gasteiger partial charge in [0.2, 0.25) is 5.28 Å². The largest absolute Gasteiger partial charge is 0.377 e. The van der Waals surface area contributed by atoms with Gasteiger partial charge in [-0.25, -0.2) is 4.98 Å². The molecule has 1 aromatic heterocycles. The Morgan fingerprint density at radius 3 is 2.85 bits per heavy atom. The number of nitrogens with one attached hydrogen (secondary N) is 1. The van der Waals surface area contributed by atoms with E-state index in [1.54, 1.807) is 0 Å². The van der Waals surface area contributed by atoms with E-state index >= 15 is 0 Å². The Balaban J connectivity index is 2.13. The van der Waals surface area contributed by atoms with Crippen LogP contribution in [0.25, 0.3) is 0 Å².